The molecule has 0 fully saturated rings. The maximum atomic E-state index is 13.4. The van der Waals surface area contributed by atoms with Crippen molar-refractivity contribution in [1.82, 2.24) is 24.1 Å². The first-order valence-corrected chi connectivity index (χ1v) is 9.57. The highest BCUT2D eigenvalue weighted by atomic mass is 19.1. The zero-order valence-corrected chi connectivity index (χ0v) is 16.2. The van der Waals surface area contributed by atoms with Crippen LogP contribution in [0.15, 0.2) is 66.9 Å². The fourth-order valence-corrected chi connectivity index (χ4v) is 3.65. The summed E-state index contributed by atoms with van der Waals surface area (Å²) in [6.45, 7) is 2.35. The molecule has 8 heteroatoms. The average molecular weight is 403 g/mol. The molecule has 3 heterocycles. The van der Waals surface area contributed by atoms with Crippen LogP contribution in [0.5, 0.6) is 0 Å². The average Bonchev–Trinajstić information content (AvgIpc) is 3.44. The summed E-state index contributed by atoms with van der Waals surface area (Å²) in [5.74, 6) is -0.714. The smallest absolute Gasteiger partial charge is 0.355 e. The normalized spacial score (nSPS) is 11.4. The van der Waals surface area contributed by atoms with Gasteiger partial charge in [0.2, 0.25) is 0 Å². The number of esters is 1. The number of carbonyl (C=O) groups excluding carboxylic acids is 1. The van der Waals surface area contributed by atoms with Gasteiger partial charge < -0.3 is 13.9 Å². The van der Waals surface area contributed by atoms with E-state index in [1.165, 1.54) is 12.1 Å². The molecule has 0 aliphatic rings. The van der Waals surface area contributed by atoms with Gasteiger partial charge >= 0.3 is 5.97 Å². The summed E-state index contributed by atoms with van der Waals surface area (Å²) >= 11 is 0. The van der Waals surface area contributed by atoms with Gasteiger partial charge in [0, 0.05) is 11.9 Å². The summed E-state index contributed by atoms with van der Waals surface area (Å²) in [5, 5.41) is 8.44. The highest BCUT2D eigenvalue weighted by Gasteiger charge is 2.20. The van der Waals surface area contributed by atoms with Gasteiger partial charge in [-0.3, -0.25) is 0 Å². The maximum Gasteiger partial charge on any atom is 0.355 e. The van der Waals surface area contributed by atoms with Crippen molar-refractivity contribution in [1.29, 1.82) is 0 Å². The van der Waals surface area contributed by atoms with Crippen LogP contribution >= 0.6 is 0 Å². The molecule has 0 saturated carbocycles. The molecule has 150 valence electrons. The Hall–Kier alpha value is -3.94. The number of para-hydroxylation sites is 1. The summed E-state index contributed by atoms with van der Waals surface area (Å²) in [7, 11) is 0. The number of carbonyl (C=O) groups is 1. The van der Waals surface area contributed by atoms with Crippen LogP contribution in [0.4, 0.5) is 4.39 Å². The SMILES string of the molecule is CCOC(=O)c1cc2c(ccn2-c2ccc(F)cc2)n1Cn1nnc2ccccc21. The third kappa shape index (κ3) is 2.93. The van der Waals surface area contributed by atoms with Crippen molar-refractivity contribution >= 4 is 28.0 Å². The highest BCUT2D eigenvalue weighted by Crippen LogP contribution is 2.26. The number of hydrogen-bond acceptors (Lipinski definition) is 4. The van der Waals surface area contributed by atoms with Crippen molar-refractivity contribution in [3.8, 4) is 5.69 Å². The van der Waals surface area contributed by atoms with Crippen LogP contribution in [-0.4, -0.2) is 36.7 Å². The Kier molecular flexibility index (Phi) is 4.31. The number of nitrogens with zero attached hydrogens (tertiary/aromatic N) is 5. The second kappa shape index (κ2) is 7.14. The molecule has 0 spiro atoms. The van der Waals surface area contributed by atoms with Gasteiger partial charge in [-0.15, -0.1) is 5.10 Å². The lowest BCUT2D eigenvalue weighted by molar-refractivity contribution is 0.0513. The van der Waals surface area contributed by atoms with Crippen LogP contribution in [-0.2, 0) is 11.4 Å². The van der Waals surface area contributed by atoms with Gasteiger partial charge in [0.1, 0.15) is 23.7 Å². The van der Waals surface area contributed by atoms with E-state index in [-0.39, 0.29) is 12.4 Å². The number of fused-ring (bicyclic) bond motifs is 2. The molecule has 2 aromatic carbocycles. The zero-order valence-electron chi connectivity index (χ0n) is 16.2. The number of halogens is 1. The van der Waals surface area contributed by atoms with E-state index in [0.29, 0.717) is 12.4 Å². The molecule has 0 aliphatic heterocycles. The lowest BCUT2D eigenvalue weighted by atomic mass is 10.3. The third-order valence-corrected chi connectivity index (χ3v) is 5.04. The Morgan fingerprint density at radius 2 is 1.83 bits per heavy atom. The number of aromatic nitrogens is 5. The Labute approximate surface area is 170 Å². The van der Waals surface area contributed by atoms with Crippen LogP contribution in [0.2, 0.25) is 0 Å². The topological polar surface area (TPSA) is 66.9 Å². The quantitative estimate of drug-likeness (QED) is 0.416. The minimum Gasteiger partial charge on any atom is -0.461 e. The molecule has 5 rings (SSSR count). The molecule has 0 amide bonds. The van der Waals surface area contributed by atoms with E-state index < -0.39 is 5.97 Å². The van der Waals surface area contributed by atoms with Crippen LogP contribution in [0.1, 0.15) is 17.4 Å². The highest BCUT2D eigenvalue weighted by molar-refractivity contribution is 5.95. The molecule has 0 radical (unpaired) electrons. The van der Waals surface area contributed by atoms with Crippen molar-refractivity contribution in [2.75, 3.05) is 6.61 Å². The first-order chi connectivity index (χ1) is 14.7. The number of hydrogen-bond donors (Lipinski definition) is 0. The van der Waals surface area contributed by atoms with Gasteiger partial charge in [0.05, 0.1) is 23.2 Å². The van der Waals surface area contributed by atoms with Crippen LogP contribution in [0.25, 0.3) is 27.8 Å². The van der Waals surface area contributed by atoms with Gasteiger partial charge in [0.25, 0.3) is 0 Å². The molecule has 7 nitrogen and oxygen atoms in total. The van der Waals surface area contributed by atoms with E-state index in [1.54, 1.807) is 29.8 Å². The second-order valence-corrected chi connectivity index (χ2v) is 6.83. The van der Waals surface area contributed by atoms with Gasteiger partial charge in [-0.05, 0) is 55.5 Å². The van der Waals surface area contributed by atoms with Crippen LogP contribution in [0, 0.1) is 5.82 Å². The lowest BCUT2D eigenvalue weighted by Gasteiger charge is -2.10. The van der Waals surface area contributed by atoms with Gasteiger partial charge in [-0.2, -0.15) is 0 Å². The van der Waals surface area contributed by atoms with Crippen molar-refractivity contribution in [3.63, 3.8) is 0 Å². The minimum atomic E-state index is -0.413. The van der Waals surface area contributed by atoms with Gasteiger partial charge in [-0.1, -0.05) is 17.3 Å². The van der Waals surface area contributed by atoms with E-state index in [9.17, 15) is 9.18 Å². The van der Waals surface area contributed by atoms with E-state index in [2.05, 4.69) is 10.3 Å². The molecule has 0 saturated heterocycles. The summed E-state index contributed by atoms with van der Waals surface area (Å²) in [5.41, 5.74) is 4.51. The minimum absolute atomic E-state index is 0.276. The van der Waals surface area contributed by atoms with Crippen molar-refractivity contribution in [2.24, 2.45) is 0 Å². The summed E-state index contributed by atoms with van der Waals surface area (Å²) in [6, 6.07) is 17.6. The van der Waals surface area contributed by atoms with Crippen molar-refractivity contribution in [3.05, 3.63) is 78.4 Å². The number of rotatable bonds is 5. The lowest BCUT2D eigenvalue weighted by Crippen LogP contribution is -2.16. The van der Waals surface area contributed by atoms with E-state index in [0.717, 1.165) is 27.8 Å². The van der Waals surface area contributed by atoms with E-state index >= 15 is 0 Å². The Bertz CT molecular complexity index is 1360. The summed E-state index contributed by atoms with van der Waals surface area (Å²) < 4.78 is 24.1. The van der Waals surface area contributed by atoms with Gasteiger partial charge in [-0.25, -0.2) is 13.9 Å². The summed E-state index contributed by atoms with van der Waals surface area (Å²) in [6.07, 6.45) is 1.89. The fourth-order valence-electron chi connectivity index (χ4n) is 3.65. The van der Waals surface area contributed by atoms with Crippen LogP contribution < -0.4 is 0 Å². The first-order valence-electron chi connectivity index (χ1n) is 9.57. The molecular weight excluding hydrogens is 385 g/mol. The molecule has 0 unspecified atom stereocenters. The predicted molar refractivity (Wildman–Crippen MR) is 110 cm³/mol. The number of ether oxygens (including phenoxy) is 1. The molecular formula is C22H18FN5O2. The molecule has 0 N–H and O–H groups in total. The monoisotopic (exact) mass is 403 g/mol. The van der Waals surface area contributed by atoms with Crippen LogP contribution in [0.3, 0.4) is 0 Å². The van der Waals surface area contributed by atoms with Crippen molar-refractivity contribution < 1.29 is 13.9 Å². The standard InChI is InChI=1S/C22H18FN5O2/c1-2-30-22(29)21-13-20-19(11-12-26(20)16-9-7-15(23)8-10-16)27(21)14-28-18-6-4-3-5-17(18)24-25-28/h3-13H,2,14H2,1H3. The molecule has 0 bridgehead atoms. The molecule has 3 aromatic heterocycles. The maximum absolute atomic E-state index is 13.4. The van der Waals surface area contributed by atoms with E-state index in [4.69, 9.17) is 4.74 Å². The largest absolute Gasteiger partial charge is 0.461 e. The molecule has 30 heavy (non-hydrogen) atoms. The fraction of sp³-hybridized carbons (Fsp3) is 0.136. The van der Waals surface area contributed by atoms with E-state index in [1.807, 2.05) is 45.7 Å². The van der Waals surface area contributed by atoms with Crippen molar-refractivity contribution in [2.45, 2.75) is 13.6 Å². The second-order valence-electron chi connectivity index (χ2n) is 6.83. The van der Waals surface area contributed by atoms with Gasteiger partial charge in [0.15, 0.2) is 0 Å². The Morgan fingerprint density at radius 1 is 1.03 bits per heavy atom. The molecule has 5 aromatic rings. The first kappa shape index (κ1) is 18.1. The number of benzene rings is 2. The zero-order chi connectivity index (χ0) is 20.7. The predicted octanol–water partition coefficient (Wildman–Crippen LogP) is 4.00. The Balaban J connectivity index is 1.66. The summed E-state index contributed by atoms with van der Waals surface area (Å²) in [4.78, 5) is 12.7. The third-order valence-electron chi connectivity index (χ3n) is 5.04. The molecule has 0 aliphatic carbocycles. The Morgan fingerprint density at radius 3 is 2.63 bits per heavy atom. The molecule has 0 atom stereocenters.